The number of pyridine rings is 1. The van der Waals surface area contributed by atoms with Crippen LogP contribution in [0.3, 0.4) is 0 Å². The predicted molar refractivity (Wildman–Crippen MR) is 178 cm³/mol. The molecule has 0 saturated carbocycles. The van der Waals surface area contributed by atoms with Gasteiger partial charge in [0.2, 0.25) is 5.69 Å². The zero-order chi connectivity index (χ0) is 27.9. The first-order valence-electron chi connectivity index (χ1n) is 15.0. The molecule has 0 N–H and O–H groups in total. The van der Waals surface area contributed by atoms with E-state index in [9.17, 15) is 0 Å². The average molecular weight is 567 g/mol. The van der Waals surface area contributed by atoms with Crippen molar-refractivity contribution in [3.8, 4) is 22.4 Å². The zero-order valence-corrected chi connectivity index (χ0v) is 26.4. The van der Waals surface area contributed by atoms with Crippen LogP contribution in [0.25, 0.3) is 44.3 Å². The lowest BCUT2D eigenvalue weighted by atomic mass is 9.98. The number of benzene rings is 4. The molecule has 0 bridgehead atoms. The van der Waals surface area contributed by atoms with Gasteiger partial charge in [-0.2, -0.15) is 0 Å². The van der Waals surface area contributed by atoms with Crippen molar-refractivity contribution in [1.29, 1.82) is 0 Å². The molecule has 2 aliphatic heterocycles. The van der Waals surface area contributed by atoms with Crippen molar-refractivity contribution >= 4 is 58.8 Å². The van der Waals surface area contributed by atoms with E-state index >= 15 is 0 Å². The molecule has 0 amide bonds. The molecule has 0 aliphatic carbocycles. The zero-order valence-electron chi connectivity index (χ0n) is 24.4. The minimum absolute atomic E-state index is 0.946. The number of rotatable bonds is 2. The molecule has 2 aliphatic rings. The molecule has 4 heteroatoms. The Kier molecular flexibility index (Phi) is 5.42. The first-order valence-corrected chi connectivity index (χ1v) is 20.5. The predicted octanol–water partition coefficient (Wildman–Crippen LogP) is 6.55. The number of aryl methyl sites for hydroxylation is 2. The Morgan fingerprint density at radius 3 is 2.22 bits per heavy atom. The summed E-state index contributed by atoms with van der Waals surface area (Å²) in [5.41, 5.74) is 8.17. The van der Waals surface area contributed by atoms with E-state index in [4.69, 9.17) is 4.42 Å². The van der Waals surface area contributed by atoms with Crippen molar-refractivity contribution in [2.24, 2.45) is 7.05 Å². The van der Waals surface area contributed by atoms with Gasteiger partial charge < -0.3 is 4.42 Å². The van der Waals surface area contributed by atoms with E-state index in [0.717, 1.165) is 11.2 Å². The van der Waals surface area contributed by atoms with E-state index in [2.05, 4.69) is 129 Å². The Morgan fingerprint density at radius 2 is 1.39 bits per heavy atom. The molecule has 41 heavy (non-hydrogen) atoms. The van der Waals surface area contributed by atoms with E-state index in [0.29, 0.717) is 0 Å². The molecule has 1 spiro atoms. The first-order chi connectivity index (χ1) is 19.9. The SMILES string of the molecule is Cc1ccc2c(oc3ccccc32)c1-c1cc(-c2ccc3c(c2)[Si]2(CCCC2)c2ccccc2[Si]3(C)C)cc[n+]1C. The van der Waals surface area contributed by atoms with Gasteiger partial charge in [-0.05, 0) is 41.8 Å². The Balaban J connectivity index is 1.33. The summed E-state index contributed by atoms with van der Waals surface area (Å²) < 4.78 is 8.76. The summed E-state index contributed by atoms with van der Waals surface area (Å²) in [7, 11) is -1.36. The summed E-state index contributed by atoms with van der Waals surface area (Å²) in [6.07, 6.45) is 4.97. The van der Waals surface area contributed by atoms with Crippen LogP contribution in [0.15, 0.2) is 102 Å². The highest BCUT2D eigenvalue weighted by atomic mass is 28.3. The molecule has 4 heterocycles. The van der Waals surface area contributed by atoms with Gasteiger partial charge in [0.15, 0.2) is 6.20 Å². The molecule has 4 aromatic carbocycles. The summed E-state index contributed by atoms with van der Waals surface area (Å²) in [6, 6.07) is 37.4. The van der Waals surface area contributed by atoms with Crippen LogP contribution in [0.2, 0.25) is 25.2 Å². The lowest BCUT2D eigenvalue weighted by Gasteiger charge is -2.43. The van der Waals surface area contributed by atoms with Gasteiger partial charge >= 0.3 is 0 Å². The molecule has 1 fully saturated rings. The van der Waals surface area contributed by atoms with Gasteiger partial charge in [0.1, 0.15) is 34.4 Å². The Bertz CT molecular complexity index is 2010. The largest absolute Gasteiger partial charge is 0.455 e. The van der Waals surface area contributed by atoms with Crippen molar-refractivity contribution in [1.82, 2.24) is 0 Å². The molecule has 1 saturated heterocycles. The normalized spacial score (nSPS) is 16.8. The minimum Gasteiger partial charge on any atom is -0.455 e. The molecule has 0 radical (unpaired) electrons. The molecule has 6 aromatic rings. The van der Waals surface area contributed by atoms with Crippen molar-refractivity contribution in [3.05, 3.63) is 103 Å². The quantitative estimate of drug-likeness (QED) is 0.172. The number of para-hydroxylation sites is 1. The fourth-order valence-electron chi connectivity index (χ4n) is 8.12. The first kappa shape index (κ1) is 25.0. The van der Waals surface area contributed by atoms with Crippen molar-refractivity contribution in [2.45, 2.75) is 44.9 Å². The van der Waals surface area contributed by atoms with Crippen molar-refractivity contribution in [3.63, 3.8) is 0 Å². The van der Waals surface area contributed by atoms with Crippen LogP contribution in [0.4, 0.5) is 0 Å². The molecule has 202 valence electrons. The highest BCUT2D eigenvalue weighted by Crippen LogP contribution is 2.38. The molecule has 0 atom stereocenters. The molecular formula is C37H36NOSi2+. The van der Waals surface area contributed by atoms with E-state index in [1.165, 1.54) is 63.7 Å². The van der Waals surface area contributed by atoms with E-state index in [1.807, 2.05) is 0 Å². The number of nitrogens with zero attached hydrogens (tertiary/aromatic N) is 1. The van der Waals surface area contributed by atoms with Crippen LogP contribution in [-0.4, -0.2) is 16.1 Å². The third-order valence-corrected chi connectivity index (χ3v) is 19.7. The highest BCUT2D eigenvalue weighted by molar-refractivity contribution is 7.17. The van der Waals surface area contributed by atoms with E-state index < -0.39 is 16.1 Å². The van der Waals surface area contributed by atoms with Gasteiger partial charge in [-0.3, -0.25) is 0 Å². The maximum atomic E-state index is 6.51. The molecule has 2 nitrogen and oxygen atoms in total. The number of fused-ring (bicyclic) bond motifs is 7. The van der Waals surface area contributed by atoms with Crippen molar-refractivity contribution in [2.75, 3.05) is 0 Å². The van der Waals surface area contributed by atoms with Crippen LogP contribution in [-0.2, 0) is 7.05 Å². The van der Waals surface area contributed by atoms with E-state index in [-0.39, 0.29) is 0 Å². The van der Waals surface area contributed by atoms with Crippen LogP contribution in [0.5, 0.6) is 0 Å². The van der Waals surface area contributed by atoms with Crippen LogP contribution < -0.4 is 25.3 Å². The number of hydrogen-bond donors (Lipinski definition) is 0. The molecule has 2 aromatic heterocycles. The standard InChI is InChI=1S/C37H36NOSi2/c1-25-15-17-29-28-11-5-6-12-31(28)39-37(29)36(25)30-23-27(19-20-38(30)2)26-16-18-33-35(24-26)41(21-9-10-22-41)34-14-8-7-13-32(34)40(33,3)4/h5-8,11-20,23-24H,9-10,21-22H2,1-4H3/q+1. The fraction of sp³-hybridized carbons (Fsp3) is 0.216. The highest BCUT2D eigenvalue weighted by Gasteiger charge is 2.50. The van der Waals surface area contributed by atoms with Gasteiger partial charge in [0.05, 0.1) is 5.56 Å². The molecule has 0 unspecified atom stereocenters. The van der Waals surface area contributed by atoms with Crippen LogP contribution in [0, 0.1) is 6.92 Å². The Morgan fingerprint density at radius 1 is 0.683 bits per heavy atom. The summed E-state index contributed by atoms with van der Waals surface area (Å²) in [5, 5.41) is 9.26. The lowest BCUT2D eigenvalue weighted by Crippen LogP contribution is -2.78. The van der Waals surface area contributed by atoms with Crippen LogP contribution >= 0.6 is 0 Å². The van der Waals surface area contributed by atoms with Gasteiger partial charge in [-0.25, -0.2) is 4.57 Å². The Hall–Kier alpha value is -3.74. The molecule has 8 rings (SSSR count). The lowest BCUT2D eigenvalue weighted by molar-refractivity contribution is -0.660. The maximum Gasteiger partial charge on any atom is 0.216 e. The van der Waals surface area contributed by atoms with Gasteiger partial charge in [-0.1, -0.05) is 119 Å². The number of aromatic nitrogens is 1. The van der Waals surface area contributed by atoms with E-state index in [1.54, 1.807) is 20.7 Å². The topological polar surface area (TPSA) is 17.0 Å². The third-order valence-electron chi connectivity index (χ3n) is 10.3. The fourth-order valence-corrected chi connectivity index (χ4v) is 19.6. The Labute approximate surface area is 244 Å². The monoisotopic (exact) mass is 566 g/mol. The number of hydrogen-bond acceptors (Lipinski definition) is 1. The van der Waals surface area contributed by atoms with Gasteiger partial charge in [0.25, 0.3) is 0 Å². The maximum absolute atomic E-state index is 6.51. The van der Waals surface area contributed by atoms with Gasteiger partial charge in [0, 0.05) is 22.9 Å². The second-order valence-corrected chi connectivity index (χ2v) is 21.4. The summed E-state index contributed by atoms with van der Waals surface area (Å²) in [6.45, 7) is 7.34. The second-order valence-electron chi connectivity index (χ2n) is 12.9. The molecular weight excluding hydrogens is 531 g/mol. The summed E-state index contributed by atoms with van der Waals surface area (Å²) >= 11 is 0. The van der Waals surface area contributed by atoms with Crippen molar-refractivity contribution < 1.29 is 8.98 Å². The average Bonchev–Trinajstić information content (AvgIpc) is 3.63. The summed E-state index contributed by atoms with van der Waals surface area (Å²) in [5.74, 6) is 0. The van der Waals surface area contributed by atoms with Gasteiger partial charge in [-0.15, -0.1) is 0 Å². The second kappa shape index (κ2) is 8.88. The minimum atomic E-state index is -1.76. The summed E-state index contributed by atoms with van der Waals surface area (Å²) in [4.78, 5) is 0. The number of furan rings is 1. The van der Waals surface area contributed by atoms with Crippen LogP contribution in [0.1, 0.15) is 18.4 Å². The third kappa shape index (κ3) is 3.50. The smallest absolute Gasteiger partial charge is 0.216 e.